The smallest absolute Gasteiger partial charge is 0.253 e. The molecule has 124 valence electrons. The van der Waals surface area contributed by atoms with E-state index in [2.05, 4.69) is 20.2 Å². The van der Waals surface area contributed by atoms with Crippen LogP contribution in [0.25, 0.3) is 33.5 Å². The van der Waals surface area contributed by atoms with E-state index in [1.165, 1.54) is 0 Å². The maximum absolute atomic E-state index is 12.6. The third-order valence-electron chi connectivity index (χ3n) is 4.82. The first-order valence-corrected chi connectivity index (χ1v) is 8.52. The molecule has 25 heavy (non-hydrogen) atoms. The number of benzene rings is 2. The minimum absolute atomic E-state index is 0.0966. The second-order valence-corrected chi connectivity index (χ2v) is 6.43. The molecule has 1 amide bonds. The number of fused-ring (bicyclic) bond motifs is 2. The van der Waals surface area contributed by atoms with Crippen molar-refractivity contribution in [3.63, 3.8) is 0 Å². The van der Waals surface area contributed by atoms with Crippen LogP contribution >= 0.6 is 0 Å². The number of hydrogen-bond donors (Lipinski definition) is 2. The van der Waals surface area contributed by atoms with Crippen LogP contribution in [-0.2, 0) is 0 Å². The van der Waals surface area contributed by atoms with Crippen molar-refractivity contribution in [2.45, 2.75) is 12.8 Å². The molecular weight excluding hydrogens is 314 g/mol. The van der Waals surface area contributed by atoms with Gasteiger partial charge >= 0.3 is 0 Å². The fourth-order valence-electron chi connectivity index (χ4n) is 3.50. The van der Waals surface area contributed by atoms with Gasteiger partial charge in [-0.2, -0.15) is 5.10 Å². The van der Waals surface area contributed by atoms with Gasteiger partial charge in [0.15, 0.2) is 5.82 Å². The molecular formula is C19H17N5O. The zero-order valence-electron chi connectivity index (χ0n) is 13.6. The largest absolute Gasteiger partial charge is 0.339 e. The summed E-state index contributed by atoms with van der Waals surface area (Å²) < 4.78 is 0. The summed E-state index contributed by atoms with van der Waals surface area (Å²) in [5.41, 5.74) is 4.21. The Morgan fingerprint density at radius 1 is 1.04 bits per heavy atom. The molecule has 2 aromatic heterocycles. The molecule has 0 aliphatic carbocycles. The van der Waals surface area contributed by atoms with E-state index >= 15 is 0 Å². The number of para-hydroxylation sites is 2. The van der Waals surface area contributed by atoms with Crippen LogP contribution in [0.5, 0.6) is 0 Å². The molecule has 6 heteroatoms. The first-order chi connectivity index (χ1) is 12.3. The second kappa shape index (κ2) is 5.44. The quantitative estimate of drug-likeness (QED) is 0.591. The van der Waals surface area contributed by atoms with Gasteiger partial charge in [0.05, 0.1) is 16.6 Å². The molecule has 2 N–H and O–H groups in total. The highest BCUT2D eigenvalue weighted by atomic mass is 16.2. The number of likely N-dealkylation sites (tertiary alicyclic amines) is 1. The molecule has 1 aliphatic rings. The van der Waals surface area contributed by atoms with Gasteiger partial charge in [0, 0.05) is 24.0 Å². The number of carbonyl (C=O) groups is 1. The van der Waals surface area contributed by atoms with Crippen LogP contribution < -0.4 is 0 Å². The Kier molecular flexibility index (Phi) is 3.09. The summed E-state index contributed by atoms with van der Waals surface area (Å²) in [4.78, 5) is 22.4. The number of amides is 1. The van der Waals surface area contributed by atoms with E-state index in [1.807, 2.05) is 47.4 Å². The molecule has 5 rings (SSSR count). The number of hydrogen-bond acceptors (Lipinski definition) is 3. The Labute approximate surface area is 143 Å². The lowest BCUT2D eigenvalue weighted by atomic mass is 10.1. The molecule has 0 saturated carbocycles. The summed E-state index contributed by atoms with van der Waals surface area (Å²) in [6.45, 7) is 1.70. The minimum Gasteiger partial charge on any atom is -0.339 e. The van der Waals surface area contributed by atoms with E-state index < -0.39 is 0 Å². The fourth-order valence-corrected chi connectivity index (χ4v) is 3.50. The Bertz CT molecular complexity index is 1050. The van der Waals surface area contributed by atoms with Crippen molar-refractivity contribution >= 4 is 27.8 Å². The van der Waals surface area contributed by atoms with Crippen molar-refractivity contribution in [3.05, 3.63) is 48.0 Å². The van der Waals surface area contributed by atoms with Crippen molar-refractivity contribution < 1.29 is 4.79 Å². The van der Waals surface area contributed by atoms with Crippen LogP contribution in [0.2, 0.25) is 0 Å². The van der Waals surface area contributed by atoms with Crippen LogP contribution in [0.15, 0.2) is 42.5 Å². The van der Waals surface area contributed by atoms with Crippen LogP contribution in [-0.4, -0.2) is 44.1 Å². The topological polar surface area (TPSA) is 77.7 Å². The van der Waals surface area contributed by atoms with Gasteiger partial charge in [-0.25, -0.2) is 4.98 Å². The summed E-state index contributed by atoms with van der Waals surface area (Å²) in [7, 11) is 0. The van der Waals surface area contributed by atoms with Crippen LogP contribution in [0.4, 0.5) is 0 Å². The number of carbonyl (C=O) groups excluding carboxylic acids is 1. The summed E-state index contributed by atoms with van der Waals surface area (Å²) in [6.07, 6.45) is 2.18. The molecule has 0 spiro atoms. The van der Waals surface area contributed by atoms with Gasteiger partial charge in [-0.05, 0) is 43.2 Å². The van der Waals surface area contributed by atoms with E-state index in [0.717, 1.165) is 59.4 Å². The summed E-state index contributed by atoms with van der Waals surface area (Å²) >= 11 is 0. The SMILES string of the molecule is O=C(c1ccc2c(-c3nc4ccccc4[nH]3)n[nH]c2c1)N1CCCC1. The number of imidazole rings is 1. The molecule has 0 radical (unpaired) electrons. The molecule has 3 heterocycles. The summed E-state index contributed by atoms with van der Waals surface area (Å²) in [5.74, 6) is 0.824. The predicted octanol–water partition coefficient (Wildman–Crippen LogP) is 3.34. The van der Waals surface area contributed by atoms with Gasteiger partial charge in [0.1, 0.15) is 5.69 Å². The molecule has 6 nitrogen and oxygen atoms in total. The summed E-state index contributed by atoms with van der Waals surface area (Å²) in [6, 6.07) is 13.6. The Morgan fingerprint density at radius 3 is 2.72 bits per heavy atom. The van der Waals surface area contributed by atoms with Crippen molar-refractivity contribution in [1.29, 1.82) is 0 Å². The highest BCUT2D eigenvalue weighted by Crippen LogP contribution is 2.27. The lowest BCUT2D eigenvalue weighted by Crippen LogP contribution is -2.27. The third-order valence-corrected chi connectivity index (χ3v) is 4.82. The second-order valence-electron chi connectivity index (χ2n) is 6.43. The summed E-state index contributed by atoms with van der Waals surface area (Å²) in [5, 5.41) is 8.41. The minimum atomic E-state index is 0.0966. The van der Waals surface area contributed by atoms with Gasteiger partial charge in [-0.15, -0.1) is 0 Å². The molecule has 1 aliphatic heterocycles. The molecule has 4 aromatic rings. The molecule has 1 fully saturated rings. The van der Waals surface area contributed by atoms with E-state index in [9.17, 15) is 4.79 Å². The fraction of sp³-hybridized carbons (Fsp3) is 0.211. The Morgan fingerprint density at radius 2 is 1.88 bits per heavy atom. The normalized spacial score (nSPS) is 14.6. The van der Waals surface area contributed by atoms with Crippen LogP contribution in [0.1, 0.15) is 23.2 Å². The van der Waals surface area contributed by atoms with Crippen LogP contribution in [0, 0.1) is 0 Å². The first kappa shape index (κ1) is 14.2. The lowest BCUT2D eigenvalue weighted by molar-refractivity contribution is 0.0793. The van der Waals surface area contributed by atoms with Crippen molar-refractivity contribution in [3.8, 4) is 11.5 Å². The average Bonchev–Trinajstić information content (AvgIpc) is 3.38. The number of H-pyrrole nitrogens is 2. The van der Waals surface area contributed by atoms with Gasteiger partial charge < -0.3 is 9.88 Å². The van der Waals surface area contributed by atoms with Gasteiger partial charge in [-0.3, -0.25) is 9.89 Å². The van der Waals surface area contributed by atoms with Crippen molar-refractivity contribution in [2.75, 3.05) is 13.1 Å². The van der Waals surface area contributed by atoms with Gasteiger partial charge in [0.2, 0.25) is 0 Å². The van der Waals surface area contributed by atoms with E-state index in [0.29, 0.717) is 5.56 Å². The number of rotatable bonds is 2. The highest BCUT2D eigenvalue weighted by molar-refractivity contribution is 6.00. The molecule has 0 unspecified atom stereocenters. The standard InChI is InChI=1S/C19H17N5O/c25-19(24-9-3-4-10-24)12-7-8-13-16(11-12)22-23-17(13)18-20-14-5-1-2-6-15(14)21-18/h1-2,5-8,11H,3-4,9-10H2,(H,20,21)(H,22,23). The van der Waals surface area contributed by atoms with E-state index in [4.69, 9.17) is 0 Å². The Hall–Kier alpha value is -3.15. The van der Waals surface area contributed by atoms with E-state index in [1.54, 1.807) is 0 Å². The first-order valence-electron chi connectivity index (χ1n) is 8.52. The molecule has 1 saturated heterocycles. The third kappa shape index (κ3) is 2.29. The average molecular weight is 331 g/mol. The molecule has 2 aromatic carbocycles. The van der Waals surface area contributed by atoms with Crippen molar-refractivity contribution in [2.24, 2.45) is 0 Å². The van der Waals surface area contributed by atoms with E-state index in [-0.39, 0.29) is 5.91 Å². The Balaban J connectivity index is 1.56. The zero-order chi connectivity index (χ0) is 16.8. The van der Waals surface area contributed by atoms with Crippen molar-refractivity contribution in [1.82, 2.24) is 25.1 Å². The number of nitrogens with one attached hydrogen (secondary N) is 2. The molecule has 0 atom stereocenters. The predicted molar refractivity (Wildman–Crippen MR) is 96.3 cm³/mol. The number of nitrogens with zero attached hydrogens (tertiary/aromatic N) is 3. The monoisotopic (exact) mass is 331 g/mol. The zero-order valence-corrected chi connectivity index (χ0v) is 13.6. The molecule has 0 bridgehead atoms. The van der Waals surface area contributed by atoms with Gasteiger partial charge in [0.25, 0.3) is 5.91 Å². The number of aromatic nitrogens is 4. The lowest BCUT2D eigenvalue weighted by Gasteiger charge is -2.14. The van der Waals surface area contributed by atoms with Crippen LogP contribution in [0.3, 0.4) is 0 Å². The number of aromatic amines is 2. The highest BCUT2D eigenvalue weighted by Gasteiger charge is 2.20. The maximum Gasteiger partial charge on any atom is 0.253 e. The van der Waals surface area contributed by atoms with Gasteiger partial charge in [-0.1, -0.05) is 12.1 Å². The maximum atomic E-state index is 12.6.